The molecular weight excluding hydrogens is 384 g/mol. The first kappa shape index (κ1) is 25.8. The summed E-state index contributed by atoms with van der Waals surface area (Å²) in [5.74, 6) is -2.09. The second-order valence-corrected chi connectivity index (χ2v) is 9.06. The molecule has 0 aromatic heterocycles. The van der Waals surface area contributed by atoms with Gasteiger partial charge in [-0.3, -0.25) is 0 Å². The number of hydrogen-bond acceptors (Lipinski definition) is 6. The number of rotatable bonds is 10. The summed E-state index contributed by atoms with van der Waals surface area (Å²) in [7, 11) is 0. The monoisotopic (exact) mass is 422 g/mol. The van der Waals surface area contributed by atoms with E-state index in [1.165, 1.54) is 12.2 Å². The SMILES string of the molecule is CC(C)CCCC(C)CC1C(C(=O)OC(C)C)=C(O)C=CC(O)=C1C(=O)OC(C)C. The first-order valence-corrected chi connectivity index (χ1v) is 10.9. The van der Waals surface area contributed by atoms with Crippen LogP contribution in [0.2, 0.25) is 0 Å². The molecule has 0 aliphatic heterocycles. The number of aliphatic hydroxyl groups is 2. The van der Waals surface area contributed by atoms with Crippen molar-refractivity contribution in [2.24, 2.45) is 17.8 Å². The molecule has 6 heteroatoms. The largest absolute Gasteiger partial charge is 0.507 e. The molecule has 0 aromatic rings. The molecule has 1 rings (SSSR count). The Bertz CT molecular complexity index is 648. The molecule has 30 heavy (non-hydrogen) atoms. The maximum atomic E-state index is 12.8. The van der Waals surface area contributed by atoms with E-state index in [-0.39, 0.29) is 28.6 Å². The van der Waals surface area contributed by atoms with Crippen LogP contribution in [0.1, 0.15) is 74.1 Å². The van der Waals surface area contributed by atoms with Gasteiger partial charge in [0.2, 0.25) is 0 Å². The number of esters is 2. The van der Waals surface area contributed by atoms with Crippen molar-refractivity contribution in [1.82, 2.24) is 0 Å². The van der Waals surface area contributed by atoms with Gasteiger partial charge in [-0.25, -0.2) is 9.59 Å². The van der Waals surface area contributed by atoms with Gasteiger partial charge in [0.05, 0.1) is 23.4 Å². The molecule has 0 bridgehead atoms. The molecule has 0 radical (unpaired) electrons. The summed E-state index contributed by atoms with van der Waals surface area (Å²) in [5, 5.41) is 21.1. The highest BCUT2D eigenvalue weighted by molar-refractivity contribution is 5.97. The van der Waals surface area contributed by atoms with Gasteiger partial charge in [-0.15, -0.1) is 0 Å². The van der Waals surface area contributed by atoms with E-state index in [0.29, 0.717) is 12.3 Å². The van der Waals surface area contributed by atoms with Crippen LogP contribution < -0.4 is 0 Å². The first-order chi connectivity index (χ1) is 13.9. The van der Waals surface area contributed by atoms with Gasteiger partial charge in [0.25, 0.3) is 0 Å². The summed E-state index contributed by atoms with van der Waals surface area (Å²) in [5.41, 5.74) is -0.0363. The topological polar surface area (TPSA) is 93.1 Å². The van der Waals surface area contributed by atoms with Gasteiger partial charge in [0.1, 0.15) is 11.5 Å². The van der Waals surface area contributed by atoms with E-state index in [9.17, 15) is 19.8 Å². The molecule has 0 aromatic carbocycles. The van der Waals surface area contributed by atoms with Crippen LogP contribution in [0.25, 0.3) is 0 Å². The summed E-state index contributed by atoms with van der Waals surface area (Å²) < 4.78 is 10.7. The molecule has 0 saturated heterocycles. The Morgan fingerprint density at radius 3 is 1.63 bits per heavy atom. The van der Waals surface area contributed by atoms with Gasteiger partial charge >= 0.3 is 11.9 Å². The van der Waals surface area contributed by atoms with E-state index in [2.05, 4.69) is 13.8 Å². The highest BCUT2D eigenvalue weighted by atomic mass is 16.5. The van der Waals surface area contributed by atoms with Crippen molar-refractivity contribution in [3.05, 3.63) is 34.8 Å². The molecule has 6 nitrogen and oxygen atoms in total. The van der Waals surface area contributed by atoms with E-state index in [1.807, 2.05) is 6.92 Å². The third-order valence-corrected chi connectivity index (χ3v) is 4.89. The maximum absolute atomic E-state index is 12.8. The number of carbonyl (C=O) groups excluding carboxylic acids is 2. The smallest absolute Gasteiger partial charge is 0.338 e. The van der Waals surface area contributed by atoms with Crippen molar-refractivity contribution in [1.29, 1.82) is 0 Å². The predicted octanol–water partition coefficient (Wildman–Crippen LogP) is 5.55. The third-order valence-electron chi connectivity index (χ3n) is 4.89. The van der Waals surface area contributed by atoms with Gasteiger partial charge in [-0.05, 0) is 58.1 Å². The maximum Gasteiger partial charge on any atom is 0.338 e. The summed E-state index contributed by atoms with van der Waals surface area (Å²) in [6.45, 7) is 13.2. The lowest BCUT2D eigenvalue weighted by Gasteiger charge is -2.25. The van der Waals surface area contributed by atoms with E-state index in [4.69, 9.17) is 9.47 Å². The Labute approximate surface area is 180 Å². The minimum atomic E-state index is -0.827. The van der Waals surface area contributed by atoms with E-state index in [0.717, 1.165) is 19.3 Å². The van der Waals surface area contributed by atoms with Crippen molar-refractivity contribution >= 4 is 11.9 Å². The predicted molar refractivity (Wildman–Crippen MR) is 117 cm³/mol. The Hall–Kier alpha value is -2.24. The number of allylic oxidation sites excluding steroid dienone is 2. The minimum absolute atomic E-state index is 0.0181. The van der Waals surface area contributed by atoms with Crippen LogP contribution in [0.15, 0.2) is 34.8 Å². The lowest BCUT2D eigenvalue weighted by molar-refractivity contribution is -0.144. The van der Waals surface area contributed by atoms with Crippen LogP contribution in [0.5, 0.6) is 0 Å². The molecule has 0 heterocycles. The second-order valence-electron chi connectivity index (χ2n) is 9.06. The number of aliphatic hydroxyl groups excluding tert-OH is 2. The molecule has 1 atom stereocenters. The average Bonchev–Trinajstić information content (AvgIpc) is 2.69. The second kappa shape index (κ2) is 11.8. The normalized spacial score (nSPS) is 16.5. The number of ether oxygens (including phenoxy) is 2. The molecule has 0 saturated carbocycles. The summed E-state index contributed by atoms with van der Waals surface area (Å²) in [6.07, 6.45) is 5.07. The fourth-order valence-corrected chi connectivity index (χ4v) is 3.52. The average molecular weight is 423 g/mol. The van der Waals surface area contributed by atoms with Gasteiger partial charge in [-0.1, -0.05) is 40.0 Å². The van der Waals surface area contributed by atoms with Crippen LogP contribution in [0, 0.1) is 17.8 Å². The van der Waals surface area contributed by atoms with Crippen LogP contribution in [0.4, 0.5) is 0 Å². The highest BCUT2D eigenvalue weighted by Crippen LogP contribution is 2.36. The van der Waals surface area contributed by atoms with Crippen LogP contribution in [0.3, 0.4) is 0 Å². The molecular formula is C24H38O6. The van der Waals surface area contributed by atoms with Crippen molar-refractivity contribution in [2.45, 2.75) is 86.4 Å². The number of hydrogen-bond donors (Lipinski definition) is 2. The summed E-state index contributed by atoms with van der Waals surface area (Å²) in [4.78, 5) is 25.7. The standard InChI is InChI=1S/C24H38O6/c1-14(2)9-8-10-17(7)13-18-21(23(27)29-15(3)4)19(25)11-12-20(26)22(18)24(28)30-16(5)6/h11-12,14-18,25-26H,8-10,13H2,1-7H3. The minimum Gasteiger partial charge on any atom is -0.507 e. The van der Waals surface area contributed by atoms with Gasteiger partial charge < -0.3 is 19.7 Å². The van der Waals surface area contributed by atoms with E-state index >= 15 is 0 Å². The molecule has 1 unspecified atom stereocenters. The van der Waals surface area contributed by atoms with Crippen molar-refractivity contribution < 1.29 is 29.3 Å². The van der Waals surface area contributed by atoms with Gasteiger partial charge in [0, 0.05) is 5.92 Å². The Morgan fingerprint density at radius 1 is 0.833 bits per heavy atom. The highest BCUT2D eigenvalue weighted by Gasteiger charge is 2.37. The lowest BCUT2D eigenvalue weighted by Crippen LogP contribution is -2.28. The van der Waals surface area contributed by atoms with Crippen molar-refractivity contribution in [2.75, 3.05) is 0 Å². The lowest BCUT2D eigenvalue weighted by atomic mass is 9.81. The fraction of sp³-hybridized carbons (Fsp3) is 0.667. The Morgan fingerprint density at radius 2 is 1.27 bits per heavy atom. The molecule has 0 amide bonds. The molecule has 1 aliphatic carbocycles. The molecule has 170 valence electrons. The van der Waals surface area contributed by atoms with Crippen molar-refractivity contribution in [3.8, 4) is 0 Å². The molecule has 0 fully saturated rings. The van der Waals surface area contributed by atoms with Gasteiger partial charge in [-0.2, -0.15) is 0 Å². The first-order valence-electron chi connectivity index (χ1n) is 10.9. The summed E-state index contributed by atoms with van der Waals surface area (Å²) in [6, 6.07) is 0. The molecule has 0 spiro atoms. The third kappa shape index (κ3) is 7.88. The molecule has 2 N–H and O–H groups in total. The van der Waals surface area contributed by atoms with E-state index in [1.54, 1.807) is 27.7 Å². The number of carbonyl (C=O) groups is 2. The van der Waals surface area contributed by atoms with Crippen molar-refractivity contribution in [3.63, 3.8) is 0 Å². The molecule has 1 aliphatic rings. The van der Waals surface area contributed by atoms with Crippen LogP contribution in [-0.4, -0.2) is 34.4 Å². The zero-order chi connectivity index (χ0) is 23.0. The van der Waals surface area contributed by atoms with Crippen LogP contribution in [-0.2, 0) is 19.1 Å². The zero-order valence-corrected chi connectivity index (χ0v) is 19.4. The van der Waals surface area contributed by atoms with Gasteiger partial charge in [0.15, 0.2) is 0 Å². The summed E-state index contributed by atoms with van der Waals surface area (Å²) >= 11 is 0. The Kier molecular flexibility index (Phi) is 10.2. The zero-order valence-electron chi connectivity index (χ0n) is 19.4. The quantitative estimate of drug-likeness (QED) is 0.448. The van der Waals surface area contributed by atoms with Crippen LogP contribution >= 0.6 is 0 Å². The Balaban J connectivity index is 3.33. The van der Waals surface area contributed by atoms with E-state index < -0.39 is 30.1 Å². The fourth-order valence-electron chi connectivity index (χ4n) is 3.52.